The second-order valence-electron chi connectivity index (χ2n) is 8.05. The van der Waals surface area contributed by atoms with Gasteiger partial charge in [0.25, 0.3) is 0 Å². The minimum atomic E-state index is 0.113. The van der Waals surface area contributed by atoms with Gasteiger partial charge in [0, 0.05) is 54.6 Å². The van der Waals surface area contributed by atoms with E-state index in [2.05, 4.69) is 66.5 Å². The van der Waals surface area contributed by atoms with Gasteiger partial charge in [-0.1, -0.05) is 32.0 Å². The van der Waals surface area contributed by atoms with Crippen LogP contribution in [0.4, 0.5) is 17.1 Å². The molecule has 0 aromatic heterocycles. The molecule has 2 heterocycles. The first-order chi connectivity index (χ1) is 14.1. The van der Waals surface area contributed by atoms with Crippen LogP contribution in [0.3, 0.4) is 0 Å². The zero-order valence-electron chi connectivity index (χ0n) is 17.6. The molecule has 2 aromatic rings. The van der Waals surface area contributed by atoms with Gasteiger partial charge in [-0.2, -0.15) is 0 Å². The maximum atomic E-state index is 12.6. The van der Waals surface area contributed by atoms with Crippen LogP contribution in [0.2, 0.25) is 0 Å². The third kappa shape index (κ3) is 3.84. The van der Waals surface area contributed by atoms with Gasteiger partial charge in [0.05, 0.1) is 19.3 Å². The highest BCUT2D eigenvalue weighted by Gasteiger charge is 2.39. The summed E-state index contributed by atoms with van der Waals surface area (Å²) in [4.78, 5) is 17.0. The molecule has 29 heavy (non-hydrogen) atoms. The average Bonchev–Trinajstić information content (AvgIpc) is 2.76. The van der Waals surface area contributed by atoms with Gasteiger partial charge in [-0.05, 0) is 36.8 Å². The number of ether oxygens (including phenoxy) is 1. The Morgan fingerprint density at radius 2 is 1.86 bits per heavy atom. The molecule has 3 atom stereocenters. The van der Waals surface area contributed by atoms with Crippen LogP contribution in [0.5, 0.6) is 0 Å². The Balaban J connectivity index is 1.78. The summed E-state index contributed by atoms with van der Waals surface area (Å²) in [6, 6.07) is 17.3. The Hall–Kier alpha value is -2.53. The molecular formula is C24H31N3O2. The lowest BCUT2D eigenvalue weighted by Gasteiger charge is -2.46. The van der Waals surface area contributed by atoms with Crippen LogP contribution in [0.15, 0.2) is 48.5 Å². The molecule has 1 saturated heterocycles. The fraction of sp³-hybridized carbons (Fsp3) is 0.458. The molecule has 2 aliphatic heterocycles. The van der Waals surface area contributed by atoms with E-state index in [-0.39, 0.29) is 23.9 Å². The van der Waals surface area contributed by atoms with Gasteiger partial charge in [-0.25, -0.2) is 0 Å². The van der Waals surface area contributed by atoms with Crippen molar-refractivity contribution in [1.82, 2.24) is 0 Å². The van der Waals surface area contributed by atoms with Crippen molar-refractivity contribution in [3.63, 3.8) is 0 Å². The molecule has 5 heteroatoms. The standard InChI is InChI=1S/C24H31N3O2/c1-4-22-17(2)24(25-19-8-6-5-7-9-19)21-16-20(26-12-14-29-15-13-26)10-11-23(21)27(22)18(3)28/h5-11,16-17,22,24-25H,4,12-15H2,1-3H3. The summed E-state index contributed by atoms with van der Waals surface area (Å²) in [6.45, 7) is 9.43. The van der Waals surface area contributed by atoms with Crippen molar-refractivity contribution >= 4 is 23.0 Å². The molecule has 3 unspecified atom stereocenters. The Morgan fingerprint density at radius 1 is 1.14 bits per heavy atom. The Kier molecular flexibility index (Phi) is 5.76. The molecule has 154 valence electrons. The van der Waals surface area contributed by atoms with Crippen LogP contribution in [-0.2, 0) is 9.53 Å². The second-order valence-corrected chi connectivity index (χ2v) is 8.05. The SMILES string of the molecule is CCC1C(C)C(Nc2ccccc2)c2cc(N3CCOCC3)ccc2N1C(C)=O. The van der Waals surface area contributed by atoms with Crippen LogP contribution >= 0.6 is 0 Å². The number of rotatable bonds is 4. The summed E-state index contributed by atoms with van der Waals surface area (Å²) in [5, 5.41) is 3.76. The minimum absolute atomic E-state index is 0.113. The minimum Gasteiger partial charge on any atom is -0.378 e. The van der Waals surface area contributed by atoms with E-state index >= 15 is 0 Å². The molecule has 0 radical (unpaired) electrons. The zero-order valence-corrected chi connectivity index (χ0v) is 17.6. The molecule has 1 amide bonds. The average molecular weight is 394 g/mol. The van der Waals surface area contributed by atoms with Crippen LogP contribution in [0.25, 0.3) is 0 Å². The number of carbonyl (C=O) groups is 1. The van der Waals surface area contributed by atoms with E-state index in [1.807, 2.05) is 11.0 Å². The van der Waals surface area contributed by atoms with Crippen LogP contribution in [0.1, 0.15) is 38.8 Å². The molecule has 1 N–H and O–H groups in total. The van der Waals surface area contributed by atoms with Crippen molar-refractivity contribution in [2.75, 3.05) is 41.4 Å². The molecule has 1 fully saturated rings. The number of fused-ring (bicyclic) bond motifs is 1. The molecule has 0 saturated carbocycles. The number of morpholine rings is 1. The summed E-state index contributed by atoms with van der Waals surface area (Å²) < 4.78 is 5.52. The number of para-hydroxylation sites is 1. The maximum Gasteiger partial charge on any atom is 0.224 e. The number of carbonyl (C=O) groups excluding carboxylic acids is 1. The smallest absolute Gasteiger partial charge is 0.224 e. The molecule has 0 bridgehead atoms. The summed E-state index contributed by atoms with van der Waals surface area (Å²) >= 11 is 0. The van der Waals surface area contributed by atoms with Gasteiger partial charge in [-0.15, -0.1) is 0 Å². The lowest BCUT2D eigenvalue weighted by atomic mass is 9.80. The zero-order chi connectivity index (χ0) is 20.4. The number of hydrogen-bond acceptors (Lipinski definition) is 4. The highest BCUT2D eigenvalue weighted by Crippen LogP contribution is 2.45. The lowest BCUT2D eigenvalue weighted by molar-refractivity contribution is -0.117. The summed E-state index contributed by atoms with van der Waals surface area (Å²) in [7, 11) is 0. The third-order valence-corrected chi connectivity index (χ3v) is 6.30. The number of anilines is 3. The van der Waals surface area contributed by atoms with Crippen molar-refractivity contribution in [3.05, 3.63) is 54.1 Å². The molecular weight excluding hydrogens is 362 g/mol. The quantitative estimate of drug-likeness (QED) is 0.833. The Labute approximate surface area is 173 Å². The highest BCUT2D eigenvalue weighted by atomic mass is 16.5. The second kappa shape index (κ2) is 8.46. The Bertz CT molecular complexity index is 848. The molecule has 0 aliphatic carbocycles. The van der Waals surface area contributed by atoms with Crippen LogP contribution in [-0.4, -0.2) is 38.3 Å². The topological polar surface area (TPSA) is 44.8 Å². The van der Waals surface area contributed by atoms with Crippen molar-refractivity contribution in [2.24, 2.45) is 5.92 Å². The fourth-order valence-corrected chi connectivity index (χ4v) is 4.83. The highest BCUT2D eigenvalue weighted by molar-refractivity contribution is 5.94. The van der Waals surface area contributed by atoms with E-state index in [0.29, 0.717) is 0 Å². The van der Waals surface area contributed by atoms with E-state index in [4.69, 9.17) is 4.74 Å². The normalized spacial score (nSPS) is 24.2. The predicted molar refractivity (Wildman–Crippen MR) is 119 cm³/mol. The van der Waals surface area contributed by atoms with E-state index < -0.39 is 0 Å². The van der Waals surface area contributed by atoms with Gasteiger partial charge in [0.15, 0.2) is 0 Å². The first-order valence-electron chi connectivity index (χ1n) is 10.7. The van der Waals surface area contributed by atoms with Crippen molar-refractivity contribution in [1.29, 1.82) is 0 Å². The van der Waals surface area contributed by atoms with Gasteiger partial charge in [0.2, 0.25) is 5.91 Å². The fourth-order valence-electron chi connectivity index (χ4n) is 4.83. The van der Waals surface area contributed by atoms with Crippen molar-refractivity contribution in [2.45, 2.75) is 39.3 Å². The summed E-state index contributed by atoms with van der Waals surface area (Å²) in [6.07, 6.45) is 0.929. The van der Waals surface area contributed by atoms with Gasteiger partial charge in [-0.3, -0.25) is 4.79 Å². The molecule has 2 aliphatic rings. The first kappa shape index (κ1) is 19.8. The molecule has 5 nitrogen and oxygen atoms in total. The monoisotopic (exact) mass is 393 g/mol. The van der Waals surface area contributed by atoms with E-state index in [0.717, 1.165) is 44.1 Å². The van der Waals surface area contributed by atoms with E-state index in [9.17, 15) is 4.79 Å². The van der Waals surface area contributed by atoms with Crippen LogP contribution < -0.4 is 15.1 Å². The lowest BCUT2D eigenvalue weighted by Crippen LogP contribution is -2.49. The van der Waals surface area contributed by atoms with Crippen LogP contribution in [0, 0.1) is 5.92 Å². The molecule has 2 aromatic carbocycles. The number of nitrogens with one attached hydrogen (secondary N) is 1. The molecule has 4 rings (SSSR count). The summed E-state index contributed by atoms with van der Waals surface area (Å²) in [5.74, 6) is 0.402. The van der Waals surface area contributed by atoms with Gasteiger partial charge < -0.3 is 19.9 Å². The third-order valence-electron chi connectivity index (χ3n) is 6.30. The first-order valence-corrected chi connectivity index (χ1v) is 10.7. The van der Waals surface area contributed by atoms with E-state index in [1.165, 1.54) is 11.3 Å². The van der Waals surface area contributed by atoms with E-state index in [1.54, 1.807) is 6.92 Å². The number of nitrogens with zero attached hydrogens (tertiary/aromatic N) is 2. The number of benzene rings is 2. The largest absolute Gasteiger partial charge is 0.378 e. The number of hydrogen-bond donors (Lipinski definition) is 1. The van der Waals surface area contributed by atoms with Crippen molar-refractivity contribution < 1.29 is 9.53 Å². The predicted octanol–water partition coefficient (Wildman–Crippen LogP) is 4.46. The van der Waals surface area contributed by atoms with Crippen molar-refractivity contribution in [3.8, 4) is 0 Å². The Morgan fingerprint density at radius 3 is 2.52 bits per heavy atom. The molecule has 0 spiro atoms. The number of amides is 1. The summed E-state index contributed by atoms with van der Waals surface area (Å²) in [5.41, 5.74) is 4.55. The van der Waals surface area contributed by atoms with Gasteiger partial charge in [0.1, 0.15) is 0 Å². The van der Waals surface area contributed by atoms with Gasteiger partial charge >= 0.3 is 0 Å². The maximum absolute atomic E-state index is 12.6.